The number of nitrogens with zero attached hydrogens (tertiary/aromatic N) is 2. The first-order valence-electron chi connectivity index (χ1n) is 5.66. The van der Waals surface area contributed by atoms with E-state index in [4.69, 9.17) is 4.74 Å². The zero-order valence-corrected chi connectivity index (χ0v) is 9.22. The van der Waals surface area contributed by atoms with Gasteiger partial charge < -0.3 is 9.64 Å². The molecular formula is C12H18N2O. The molecule has 0 unspecified atom stereocenters. The topological polar surface area (TPSA) is 25.4 Å². The fourth-order valence-corrected chi connectivity index (χ4v) is 2.06. The van der Waals surface area contributed by atoms with Gasteiger partial charge in [0.2, 0.25) is 0 Å². The van der Waals surface area contributed by atoms with Crippen molar-refractivity contribution < 1.29 is 4.74 Å². The third-order valence-corrected chi connectivity index (χ3v) is 2.86. The molecule has 0 amide bonds. The Morgan fingerprint density at radius 3 is 2.87 bits per heavy atom. The summed E-state index contributed by atoms with van der Waals surface area (Å²) in [7, 11) is 0. The molecule has 0 N–H and O–H groups in total. The molecule has 1 aliphatic heterocycles. The number of rotatable bonds is 3. The van der Waals surface area contributed by atoms with Gasteiger partial charge in [-0.3, -0.25) is 4.98 Å². The van der Waals surface area contributed by atoms with Crippen LogP contribution in [0.5, 0.6) is 0 Å². The predicted octanol–water partition coefficient (Wildman–Crippen LogP) is 2.09. The summed E-state index contributed by atoms with van der Waals surface area (Å²) in [6.07, 6.45) is 6.46. The summed E-state index contributed by atoms with van der Waals surface area (Å²) in [4.78, 5) is 6.52. The zero-order chi connectivity index (χ0) is 10.5. The Labute approximate surface area is 91.1 Å². The van der Waals surface area contributed by atoms with Gasteiger partial charge in [-0.05, 0) is 31.9 Å². The van der Waals surface area contributed by atoms with Crippen LogP contribution in [0, 0.1) is 0 Å². The molecule has 0 radical (unpaired) electrons. The number of hydrogen-bond acceptors (Lipinski definition) is 3. The molecule has 0 aliphatic carbocycles. The molecule has 1 fully saturated rings. The second kappa shape index (κ2) is 5.12. The summed E-state index contributed by atoms with van der Waals surface area (Å²) >= 11 is 0. The lowest BCUT2D eigenvalue weighted by Crippen LogP contribution is -2.37. The van der Waals surface area contributed by atoms with E-state index in [-0.39, 0.29) is 0 Å². The zero-order valence-electron chi connectivity index (χ0n) is 9.22. The van der Waals surface area contributed by atoms with Gasteiger partial charge in [0, 0.05) is 25.9 Å². The molecule has 1 aromatic heterocycles. The molecule has 2 heterocycles. The van der Waals surface area contributed by atoms with Crippen LogP contribution in [0.1, 0.15) is 19.8 Å². The SMILES string of the molecule is CCOC1CCN(c2cccnc2)CC1. The average Bonchev–Trinajstić information content (AvgIpc) is 2.32. The molecule has 0 aromatic carbocycles. The third-order valence-electron chi connectivity index (χ3n) is 2.86. The maximum atomic E-state index is 5.62. The number of pyridine rings is 1. The van der Waals surface area contributed by atoms with E-state index in [2.05, 4.69) is 22.9 Å². The summed E-state index contributed by atoms with van der Waals surface area (Å²) in [5.41, 5.74) is 1.23. The molecule has 0 spiro atoms. The number of piperidine rings is 1. The molecule has 0 atom stereocenters. The van der Waals surface area contributed by atoms with Crippen LogP contribution in [0.15, 0.2) is 24.5 Å². The van der Waals surface area contributed by atoms with E-state index in [1.54, 1.807) is 0 Å². The van der Waals surface area contributed by atoms with Crippen molar-refractivity contribution in [1.82, 2.24) is 4.98 Å². The lowest BCUT2D eigenvalue weighted by molar-refractivity contribution is 0.0459. The Morgan fingerprint density at radius 2 is 2.27 bits per heavy atom. The Kier molecular flexibility index (Phi) is 3.56. The monoisotopic (exact) mass is 206 g/mol. The highest BCUT2D eigenvalue weighted by atomic mass is 16.5. The van der Waals surface area contributed by atoms with E-state index in [0.29, 0.717) is 6.10 Å². The highest BCUT2D eigenvalue weighted by Crippen LogP contribution is 2.19. The molecule has 15 heavy (non-hydrogen) atoms. The first kappa shape index (κ1) is 10.4. The maximum absolute atomic E-state index is 5.62. The average molecular weight is 206 g/mol. The van der Waals surface area contributed by atoms with Crippen molar-refractivity contribution in [2.24, 2.45) is 0 Å². The Hall–Kier alpha value is -1.09. The summed E-state index contributed by atoms with van der Waals surface area (Å²) in [6, 6.07) is 4.11. The molecule has 1 aromatic rings. The summed E-state index contributed by atoms with van der Waals surface area (Å²) in [5.74, 6) is 0. The molecule has 82 valence electrons. The van der Waals surface area contributed by atoms with Crippen molar-refractivity contribution in [2.45, 2.75) is 25.9 Å². The largest absolute Gasteiger partial charge is 0.378 e. The van der Waals surface area contributed by atoms with Gasteiger partial charge in [0.25, 0.3) is 0 Å². The highest BCUT2D eigenvalue weighted by molar-refractivity contribution is 5.43. The van der Waals surface area contributed by atoms with E-state index in [1.165, 1.54) is 5.69 Å². The second-order valence-electron chi connectivity index (χ2n) is 3.85. The number of aromatic nitrogens is 1. The van der Waals surface area contributed by atoms with Crippen LogP contribution in [0.4, 0.5) is 5.69 Å². The minimum atomic E-state index is 0.461. The van der Waals surface area contributed by atoms with Crippen LogP contribution in [-0.2, 0) is 4.74 Å². The molecule has 0 saturated carbocycles. The van der Waals surface area contributed by atoms with Crippen molar-refractivity contribution in [2.75, 3.05) is 24.6 Å². The summed E-state index contributed by atoms with van der Waals surface area (Å²) in [5, 5.41) is 0. The van der Waals surface area contributed by atoms with E-state index in [1.807, 2.05) is 18.5 Å². The molecule has 1 aliphatic rings. The minimum absolute atomic E-state index is 0.461. The first-order valence-corrected chi connectivity index (χ1v) is 5.66. The molecule has 2 rings (SSSR count). The number of anilines is 1. The summed E-state index contributed by atoms with van der Waals surface area (Å²) < 4.78 is 5.62. The van der Waals surface area contributed by atoms with Gasteiger partial charge in [-0.25, -0.2) is 0 Å². The number of hydrogen-bond donors (Lipinski definition) is 0. The van der Waals surface area contributed by atoms with E-state index < -0.39 is 0 Å². The molecule has 3 nitrogen and oxygen atoms in total. The standard InChI is InChI=1S/C12H18N2O/c1-2-15-12-5-8-14(9-6-12)11-4-3-7-13-10-11/h3-4,7,10,12H,2,5-6,8-9H2,1H3. The fraction of sp³-hybridized carbons (Fsp3) is 0.583. The minimum Gasteiger partial charge on any atom is -0.378 e. The van der Waals surface area contributed by atoms with Crippen molar-refractivity contribution in [3.05, 3.63) is 24.5 Å². The van der Waals surface area contributed by atoms with Gasteiger partial charge in [-0.2, -0.15) is 0 Å². The van der Waals surface area contributed by atoms with Crippen molar-refractivity contribution in [3.8, 4) is 0 Å². The van der Waals surface area contributed by atoms with Crippen molar-refractivity contribution >= 4 is 5.69 Å². The van der Waals surface area contributed by atoms with Gasteiger partial charge in [-0.15, -0.1) is 0 Å². The van der Waals surface area contributed by atoms with E-state index in [9.17, 15) is 0 Å². The van der Waals surface area contributed by atoms with Gasteiger partial charge in [0.15, 0.2) is 0 Å². The van der Waals surface area contributed by atoms with Gasteiger partial charge >= 0.3 is 0 Å². The summed E-state index contributed by atoms with van der Waals surface area (Å²) in [6.45, 7) is 5.05. The van der Waals surface area contributed by atoms with Crippen molar-refractivity contribution in [3.63, 3.8) is 0 Å². The molecule has 3 heteroatoms. The van der Waals surface area contributed by atoms with Crippen LogP contribution >= 0.6 is 0 Å². The number of ether oxygens (including phenoxy) is 1. The van der Waals surface area contributed by atoms with Crippen LogP contribution in [0.2, 0.25) is 0 Å². The first-order chi connectivity index (χ1) is 7.40. The van der Waals surface area contributed by atoms with Crippen LogP contribution in [0.25, 0.3) is 0 Å². The molecular weight excluding hydrogens is 188 g/mol. The predicted molar refractivity (Wildman–Crippen MR) is 61.1 cm³/mol. The molecule has 1 saturated heterocycles. The van der Waals surface area contributed by atoms with Gasteiger partial charge in [-0.1, -0.05) is 0 Å². The smallest absolute Gasteiger partial charge is 0.0608 e. The third kappa shape index (κ3) is 2.69. The normalized spacial score (nSPS) is 18.1. The van der Waals surface area contributed by atoms with Gasteiger partial charge in [0.05, 0.1) is 18.0 Å². The highest BCUT2D eigenvalue weighted by Gasteiger charge is 2.19. The second-order valence-corrected chi connectivity index (χ2v) is 3.85. The Morgan fingerprint density at radius 1 is 1.47 bits per heavy atom. The van der Waals surface area contributed by atoms with E-state index >= 15 is 0 Å². The molecule has 0 bridgehead atoms. The van der Waals surface area contributed by atoms with Crippen LogP contribution in [0.3, 0.4) is 0 Å². The fourth-order valence-electron chi connectivity index (χ4n) is 2.06. The Balaban J connectivity index is 1.88. The van der Waals surface area contributed by atoms with Crippen LogP contribution < -0.4 is 4.90 Å². The van der Waals surface area contributed by atoms with Crippen LogP contribution in [-0.4, -0.2) is 30.8 Å². The lowest BCUT2D eigenvalue weighted by atomic mass is 10.1. The van der Waals surface area contributed by atoms with E-state index in [0.717, 1.165) is 32.5 Å². The Bertz CT molecular complexity index is 281. The quantitative estimate of drug-likeness (QED) is 0.757. The van der Waals surface area contributed by atoms with Gasteiger partial charge in [0.1, 0.15) is 0 Å². The lowest BCUT2D eigenvalue weighted by Gasteiger charge is -2.33. The maximum Gasteiger partial charge on any atom is 0.0608 e. The van der Waals surface area contributed by atoms with Crippen molar-refractivity contribution in [1.29, 1.82) is 0 Å².